The van der Waals surface area contributed by atoms with Gasteiger partial charge in [0.15, 0.2) is 5.82 Å². The van der Waals surface area contributed by atoms with Gasteiger partial charge in [0.2, 0.25) is 0 Å². The first kappa shape index (κ1) is 17.7. The summed E-state index contributed by atoms with van der Waals surface area (Å²) >= 11 is 0. The fraction of sp³-hybridized carbons (Fsp3) is 0.136. The van der Waals surface area contributed by atoms with Gasteiger partial charge in [-0.15, -0.1) is 0 Å². The molecule has 1 heterocycles. The zero-order valence-electron chi connectivity index (χ0n) is 15.4. The van der Waals surface area contributed by atoms with Crippen molar-refractivity contribution in [1.29, 1.82) is 0 Å². The molecule has 0 radical (unpaired) electrons. The Morgan fingerprint density at radius 3 is 2.61 bits per heavy atom. The summed E-state index contributed by atoms with van der Waals surface area (Å²) in [4.78, 5) is 16.5. The van der Waals surface area contributed by atoms with Gasteiger partial charge < -0.3 is 14.6 Å². The van der Waals surface area contributed by atoms with E-state index in [1.165, 1.54) is 0 Å². The van der Waals surface area contributed by atoms with Crippen LogP contribution in [-0.2, 0) is 0 Å². The highest BCUT2D eigenvalue weighted by Crippen LogP contribution is 2.24. The van der Waals surface area contributed by atoms with Crippen molar-refractivity contribution in [3.63, 3.8) is 0 Å². The second-order valence-corrected chi connectivity index (χ2v) is 6.31. The van der Waals surface area contributed by atoms with Gasteiger partial charge in [-0.25, -0.2) is 0 Å². The molecule has 0 saturated carbocycles. The third kappa shape index (κ3) is 3.86. The SMILES string of the molecule is Cc1noc(-c2ccc(C(=O)NCCOc3cccc4ccccc34)cc2)n1. The predicted molar refractivity (Wildman–Crippen MR) is 106 cm³/mol. The van der Waals surface area contributed by atoms with Crippen molar-refractivity contribution in [2.45, 2.75) is 6.92 Å². The Labute approximate surface area is 162 Å². The Morgan fingerprint density at radius 2 is 1.82 bits per heavy atom. The van der Waals surface area contributed by atoms with Crippen LogP contribution in [0.1, 0.15) is 16.2 Å². The summed E-state index contributed by atoms with van der Waals surface area (Å²) in [7, 11) is 0. The number of hydrogen-bond acceptors (Lipinski definition) is 5. The summed E-state index contributed by atoms with van der Waals surface area (Å²) < 4.78 is 11.0. The van der Waals surface area contributed by atoms with Crippen LogP contribution in [0.5, 0.6) is 5.75 Å². The number of carbonyl (C=O) groups excluding carboxylic acids is 1. The number of benzene rings is 3. The number of rotatable bonds is 6. The molecular formula is C22H19N3O3. The highest BCUT2D eigenvalue weighted by atomic mass is 16.5. The smallest absolute Gasteiger partial charge is 0.257 e. The van der Waals surface area contributed by atoms with E-state index in [-0.39, 0.29) is 5.91 Å². The molecule has 4 aromatic rings. The predicted octanol–water partition coefficient (Wildman–Crippen LogP) is 4.01. The van der Waals surface area contributed by atoms with Crippen molar-refractivity contribution in [2.24, 2.45) is 0 Å². The molecule has 0 aliphatic rings. The minimum atomic E-state index is -0.158. The Bertz CT molecular complexity index is 1100. The summed E-state index contributed by atoms with van der Waals surface area (Å²) in [6.45, 7) is 2.56. The zero-order chi connectivity index (χ0) is 19.3. The van der Waals surface area contributed by atoms with Crippen LogP contribution in [0.25, 0.3) is 22.2 Å². The lowest BCUT2D eigenvalue weighted by Gasteiger charge is -2.10. The minimum Gasteiger partial charge on any atom is -0.491 e. The number of carbonyl (C=O) groups is 1. The molecule has 0 bridgehead atoms. The summed E-state index contributed by atoms with van der Waals surface area (Å²) in [5.74, 6) is 1.66. The van der Waals surface area contributed by atoms with Crippen molar-refractivity contribution in [2.75, 3.05) is 13.2 Å². The lowest BCUT2D eigenvalue weighted by Crippen LogP contribution is -2.28. The van der Waals surface area contributed by atoms with Crippen LogP contribution in [0.15, 0.2) is 71.3 Å². The second kappa shape index (κ2) is 7.92. The molecule has 3 aromatic carbocycles. The Kier molecular flexibility index (Phi) is 5.01. The number of aromatic nitrogens is 2. The van der Waals surface area contributed by atoms with Crippen LogP contribution in [-0.4, -0.2) is 29.2 Å². The van der Waals surface area contributed by atoms with Crippen LogP contribution < -0.4 is 10.1 Å². The summed E-state index contributed by atoms with van der Waals surface area (Å²) in [6, 6.07) is 21.0. The normalized spacial score (nSPS) is 10.8. The van der Waals surface area contributed by atoms with E-state index in [9.17, 15) is 4.79 Å². The Hall–Kier alpha value is -3.67. The Balaban J connectivity index is 1.32. The largest absolute Gasteiger partial charge is 0.491 e. The van der Waals surface area contributed by atoms with Gasteiger partial charge in [-0.2, -0.15) is 4.98 Å². The van der Waals surface area contributed by atoms with Gasteiger partial charge >= 0.3 is 0 Å². The first-order valence-corrected chi connectivity index (χ1v) is 9.00. The molecule has 28 heavy (non-hydrogen) atoms. The summed E-state index contributed by atoms with van der Waals surface area (Å²) in [6.07, 6.45) is 0. The molecule has 140 valence electrons. The lowest BCUT2D eigenvalue weighted by molar-refractivity contribution is 0.0947. The lowest BCUT2D eigenvalue weighted by atomic mass is 10.1. The van der Waals surface area contributed by atoms with Crippen molar-refractivity contribution in [3.8, 4) is 17.2 Å². The molecule has 1 amide bonds. The topological polar surface area (TPSA) is 77.2 Å². The number of ether oxygens (including phenoxy) is 1. The molecule has 0 fully saturated rings. The quantitative estimate of drug-likeness (QED) is 0.517. The molecule has 1 aromatic heterocycles. The Morgan fingerprint density at radius 1 is 1.04 bits per heavy atom. The summed E-state index contributed by atoms with van der Waals surface area (Å²) in [5.41, 5.74) is 1.33. The van der Waals surface area contributed by atoms with E-state index >= 15 is 0 Å². The van der Waals surface area contributed by atoms with Crippen LogP contribution in [0, 0.1) is 6.92 Å². The summed E-state index contributed by atoms with van der Waals surface area (Å²) in [5, 5.41) is 8.81. The van der Waals surface area contributed by atoms with Crippen molar-refractivity contribution < 1.29 is 14.1 Å². The highest BCUT2D eigenvalue weighted by Gasteiger charge is 2.09. The number of nitrogens with zero attached hydrogens (tertiary/aromatic N) is 2. The van der Waals surface area contributed by atoms with E-state index in [4.69, 9.17) is 9.26 Å². The zero-order valence-corrected chi connectivity index (χ0v) is 15.4. The van der Waals surface area contributed by atoms with Gasteiger partial charge in [0, 0.05) is 16.5 Å². The fourth-order valence-corrected chi connectivity index (χ4v) is 2.93. The number of nitrogens with one attached hydrogen (secondary N) is 1. The first-order valence-electron chi connectivity index (χ1n) is 9.00. The van der Waals surface area contributed by atoms with Crippen molar-refractivity contribution in [3.05, 3.63) is 78.1 Å². The van der Waals surface area contributed by atoms with Gasteiger partial charge in [0.05, 0.1) is 6.54 Å². The van der Waals surface area contributed by atoms with Crippen LogP contribution >= 0.6 is 0 Å². The molecule has 6 nitrogen and oxygen atoms in total. The number of hydrogen-bond donors (Lipinski definition) is 1. The molecular weight excluding hydrogens is 354 g/mol. The molecule has 1 N–H and O–H groups in total. The van der Waals surface area contributed by atoms with E-state index in [1.807, 2.05) is 42.5 Å². The first-order chi connectivity index (χ1) is 13.7. The molecule has 0 saturated heterocycles. The monoisotopic (exact) mass is 373 g/mol. The van der Waals surface area contributed by atoms with E-state index in [2.05, 4.69) is 15.5 Å². The average molecular weight is 373 g/mol. The fourth-order valence-electron chi connectivity index (χ4n) is 2.93. The molecule has 0 aliphatic carbocycles. The van der Waals surface area contributed by atoms with Crippen molar-refractivity contribution in [1.82, 2.24) is 15.5 Å². The maximum absolute atomic E-state index is 12.3. The van der Waals surface area contributed by atoms with Gasteiger partial charge in [-0.3, -0.25) is 4.79 Å². The van der Waals surface area contributed by atoms with Crippen molar-refractivity contribution >= 4 is 16.7 Å². The number of fused-ring (bicyclic) bond motifs is 1. The van der Waals surface area contributed by atoms with E-state index in [0.29, 0.717) is 30.4 Å². The standard InChI is InChI=1S/C22H19N3O3/c1-15-24-22(28-25-15)18-11-9-17(10-12-18)21(26)23-13-14-27-20-8-4-6-16-5-2-3-7-19(16)20/h2-12H,13-14H2,1H3,(H,23,26). The number of amides is 1. The van der Waals surface area contributed by atoms with E-state index in [1.54, 1.807) is 31.2 Å². The van der Waals surface area contributed by atoms with E-state index < -0.39 is 0 Å². The molecule has 0 atom stereocenters. The van der Waals surface area contributed by atoms with Crippen LogP contribution in [0.4, 0.5) is 0 Å². The van der Waals surface area contributed by atoms with Gasteiger partial charge in [0.1, 0.15) is 12.4 Å². The third-order valence-corrected chi connectivity index (χ3v) is 4.32. The van der Waals surface area contributed by atoms with Gasteiger partial charge in [-0.05, 0) is 42.6 Å². The molecule has 0 unspecified atom stereocenters. The van der Waals surface area contributed by atoms with Crippen LogP contribution in [0.3, 0.4) is 0 Å². The van der Waals surface area contributed by atoms with Gasteiger partial charge in [0.25, 0.3) is 11.8 Å². The second-order valence-electron chi connectivity index (χ2n) is 6.31. The molecule has 0 aliphatic heterocycles. The van der Waals surface area contributed by atoms with E-state index in [0.717, 1.165) is 22.1 Å². The van der Waals surface area contributed by atoms with Crippen LogP contribution in [0.2, 0.25) is 0 Å². The average Bonchev–Trinajstić information content (AvgIpc) is 3.17. The highest BCUT2D eigenvalue weighted by molar-refractivity contribution is 5.94. The molecule has 6 heteroatoms. The maximum Gasteiger partial charge on any atom is 0.257 e. The third-order valence-electron chi connectivity index (χ3n) is 4.32. The molecule has 4 rings (SSSR count). The number of aryl methyl sites for hydroxylation is 1. The van der Waals surface area contributed by atoms with Gasteiger partial charge in [-0.1, -0.05) is 41.6 Å². The molecule has 0 spiro atoms. The maximum atomic E-state index is 12.3. The minimum absolute atomic E-state index is 0.158.